The maximum absolute atomic E-state index is 13.1. The Labute approximate surface area is 163 Å². The highest BCUT2D eigenvalue weighted by molar-refractivity contribution is 5.95. The molecule has 2 aromatic rings. The Hall–Kier alpha value is -3.09. The fraction of sp³-hybridized carbons (Fsp3) is 0.381. The van der Waals surface area contributed by atoms with Crippen molar-refractivity contribution in [1.82, 2.24) is 15.2 Å². The summed E-state index contributed by atoms with van der Waals surface area (Å²) in [6, 6.07) is 10.7. The highest BCUT2D eigenvalue weighted by atomic mass is 16.7. The summed E-state index contributed by atoms with van der Waals surface area (Å²) in [6.45, 7) is 2.95. The lowest BCUT2D eigenvalue weighted by Gasteiger charge is -2.37. The van der Waals surface area contributed by atoms with Crippen LogP contribution in [0.25, 0.3) is 0 Å². The molecule has 2 amide bonds. The van der Waals surface area contributed by atoms with Crippen molar-refractivity contribution in [2.45, 2.75) is 25.8 Å². The van der Waals surface area contributed by atoms with Crippen molar-refractivity contribution < 1.29 is 19.1 Å². The first-order chi connectivity index (χ1) is 13.6. The zero-order valence-corrected chi connectivity index (χ0v) is 15.8. The van der Waals surface area contributed by atoms with Gasteiger partial charge in [-0.2, -0.15) is 0 Å². The lowest BCUT2D eigenvalue weighted by Crippen LogP contribution is -2.45. The number of carbonyl (C=O) groups excluding carboxylic acids is 2. The van der Waals surface area contributed by atoms with Gasteiger partial charge in [-0.25, -0.2) is 0 Å². The number of carbonyl (C=O) groups is 2. The molecule has 0 spiro atoms. The average molecular weight is 381 g/mol. The van der Waals surface area contributed by atoms with Gasteiger partial charge >= 0.3 is 0 Å². The normalized spacial score (nSPS) is 19.2. The van der Waals surface area contributed by atoms with Gasteiger partial charge in [0.05, 0.1) is 11.7 Å². The van der Waals surface area contributed by atoms with E-state index in [1.807, 2.05) is 23.1 Å². The molecule has 1 N–H and O–H groups in total. The van der Waals surface area contributed by atoms with Gasteiger partial charge in [0, 0.05) is 37.7 Å². The summed E-state index contributed by atoms with van der Waals surface area (Å²) >= 11 is 0. The van der Waals surface area contributed by atoms with Crippen LogP contribution in [-0.4, -0.2) is 41.6 Å². The molecule has 0 radical (unpaired) electrons. The molecule has 1 fully saturated rings. The minimum Gasteiger partial charge on any atom is -0.454 e. The molecule has 7 nitrogen and oxygen atoms in total. The fourth-order valence-electron chi connectivity index (χ4n) is 3.89. The van der Waals surface area contributed by atoms with Crippen molar-refractivity contribution in [3.8, 4) is 11.5 Å². The van der Waals surface area contributed by atoms with Gasteiger partial charge in [0.2, 0.25) is 12.7 Å². The molecule has 7 heteroatoms. The summed E-state index contributed by atoms with van der Waals surface area (Å²) in [5.74, 6) is 1.23. The molecule has 0 unspecified atom stereocenters. The quantitative estimate of drug-likeness (QED) is 0.880. The zero-order chi connectivity index (χ0) is 19.5. The zero-order valence-electron chi connectivity index (χ0n) is 15.8. The minimum absolute atomic E-state index is 0.0365. The molecule has 3 heterocycles. The summed E-state index contributed by atoms with van der Waals surface area (Å²) in [7, 11) is 0. The molecule has 1 saturated heterocycles. The monoisotopic (exact) mass is 381 g/mol. The van der Waals surface area contributed by atoms with Crippen LogP contribution in [0.5, 0.6) is 11.5 Å². The van der Waals surface area contributed by atoms with E-state index in [-0.39, 0.29) is 30.6 Å². The lowest BCUT2D eigenvalue weighted by atomic mass is 9.88. The van der Waals surface area contributed by atoms with E-state index in [0.717, 1.165) is 18.5 Å². The summed E-state index contributed by atoms with van der Waals surface area (Å²) in [4.78, 5) is 31.1. The molecule has 146 valence electrons. The predicted octanol–water partition coefficient (Wildman–Crippen LogP) is 2.54. The Morgan fingerprint density at radius 3 is 2.86 bits per heavy atom. The van der Waals surface area contributed by atoms with Gasteiger partial charge in [-0.15, -0.1) is 0 Å². The van der Waals surface area contributed by atoms with E-state index in [9.17, 15) is 9.59 Å². The van der Waals surface area contributed by atoms with Gasteiger partial charge in [0.15, 0.2) is 11.5 Å². The second kappa shape index (κ2) is 7.88. The Balaban J connectivity index is 1.52. The van der Waals surface area contributed by atoms with Gasteiger partial charge in [-0.3, -0.25) is 14.6 Å². The number of piperidine rings is 1. The number of nitrogens with one attached hydrogen (secondary N) is 1. The summed E-state index contributed by atoms with van der Waals surface area (Å²) in [5, 5.41) is 3.02. The van der Waals surface area contributed by atoms with Gasteiger partial charge in [0.1, 0.15) is 0 Å². The maximum Gasteiger partial charge on any atom is 0.254 e. The first-order valence-corrected chi connectivity index (χ1v) is 9.49. The lowest BCUT2D eigenvalue weighted by molar-refractivity contribution is -0.120. The number of aromatic nitrogens is 1. The maximum atomic E-state index is 13.1. The Bertz CT molecular complexity index is 871. The van der Waals surface area contributed by atoms with Gasteiger partial charge < -0.3 is 19.7 Å². The Morgan fingerprint density at radius 2 is 2.07 bits per heavy atom. The third-order valence-corrected chi connectivity index (χ3v) is 5.20. The van der Waals surface area contributed by atoms with Gasteiger partial charge in [-0.05, 0) is 43.2 Å². The topological polar surface area (TPSA) is 80.8 Å². The van der Waals surface area contributed by atoms with Crippen molar-refractivity contribution in [2.24, 2.45) is 5.92 Å². The minimum atomic E-state index is -0.217. The number of nitrogens with zero attached hydrogens (tertiary/aromatic N) is 2. The number of hydrogen-bond acceptors (Lipinski definition) is 5. The third kappa shape index (κ3) is 3.78. The van der Waals surface area contributed by atoms with Crippen LogP contribution in [-0.2, 0) is 4.79 Å². The van der Waals surface area contributed by atoms with E-state index in [4.69, 9.17) is 9.47 Å². The standard InChI is InChI=1S/C21H23N3O4/c1-14(25)23-20(17-6-2-3-9-22-17)16-5-4-10-24(12-16)21(26)15-7-8-18-19(11-15)28-13-27-18/h2-3,6-9,11,16,20H,4-5,10,12-13H2,1H3,(H,23,25)/t16-,20-/m1/s1. The van der Waals surface area contributed by atoms with Crippen LogP contribution in [0.15, 0.2) is 42.6 Å². The number of amides is 2. The predicted molar refractivity (Wildman–Crippen MR) is 102 cm³/mol. The summed E-state index contributed by atoms with van der Waals surface area (Å²) in [6.07, 6.45) is 3.53. The van der Waals surface area contributed by atoms with Crippen molar-refractivity contribution >= 4 is 11.8 Å². The molecule has 1 aromatic heterocycles. The molecule has 1 aromatic carbocycles. The third-order valence-electron chi connectivity index (χ3n) is 5.20. The second-order valence-corrected chi connectivity index (χ2v) is 7.15. The largest absolute Gasteiger partial charge is 0.454 e. The van der Waals surface area contributed by atoms with Crippen LogP contribution >= 0.6 is 0 Å². The molecule has 0 bridgehead atoms. The molecule has 28 heavy (non-hydrogen) atoms. The number of likely N-dealkylation sites (tertiary alicyclic amines) is 1. The molecule has 2 aliphatic rings. The van der Waals surface area contributed by atoms with Crippen LogP contribution in [0, 0.1) is 5.92 Å². The first kappa shape index (κ1) is 18.3. The number of pyridine rings is 1. The van der Waals surface area contributed by atoms with E-state index >= 15 is 0 Å². The molecule has 4 rings (SSSR count). The molecular formula is C21H23N3O4. The molecular weight excluding hydrogens is 358 g/mol. The molecule has 0 aliphatic carbocycles. The second-order valence-electron chi connectivity index (χ2n) is 7.15. The number of fused-ring (bicyclic) bond motifs is 1. The fourth-order valence-corrected chi connectivity index (χ4v) is 3.89. The molecule has 2 aliphatic heterocycles. The first-order valence-electron chi connectivity index (χ1n) is 9.49. The Morgan fingerprint density at radius 1 is 1.21 bits per heavy atom. The average Bonchev–Trinajstić information content (AvgIpc) is 3.20. The Kier molecular flexibility index (Phi) is 5.14. The van der Waals surface area contributed by atoms with E-state index in [1.54, 1.807) is 24.4 Å². The van der Waals surface area contributed by atoms with Crippen molar-refractivity contribution in [1.29, 1.82) is 0 Å². The highest BCUT2D eigenvalue weighted by Gasteiger charge is 2.32. The van der Waals surface area contributed by atoms with Crippen molar-refractivity contribution in [2.75, 3.05) is 19.9 Å². The summed E-state index contributed by atoms with van der Waals surface area (Å²) < 4.78 is 10.7. The molecule has 2 atom stereocenters. The molecule has 0 saturated carbocycles. The van der Waals surface area contributed by atoms with Crippen LogP contribution in [0.3, 0.4) is 0 Å². The number of benzene rings is 1. The highest BCUT2D eigenvalue weighted by Crippen LogP contribution is 2.34. The van der Waals surface area contributed by atoms with Crippen molar-refractivity contribution in [3.63, 3.8) is 0 Å². The van der Waals surface area contributed by atoms with Gasteiger partial charge in [0.25, 0.3) is 5.91 Å². The van der Waals surface area contributed by atoms with Crippen molar-refractivity contribution in [3.05, 3.63) is 53.9 Å². The van der Waals surface area contributed by atoms with E-state index in [1.165, 1.54) is 6.92 Å². The van der Waals surface area contributed by atoms with E-state index < -0.39 is 0 Å². The van der Waals surface area contributed by atoms with E-state index in [0.29, 0.717) is 30.2 Å². The SMILES string of the molecule is CC(=O)N[C@@H](c1ccccn1)[C@@H]1CCCN(C(=O)c2ccc3c(c2)OCO3)C1. The number of hydrogen-bond donors (Lipinski definition) is 1. The van der Waals surface area contributed by atoms with Crippen LogP contribution in [0.4, 0.5) is 0 Å². The number of rotatable bonds is 4. The van der Waals surface area contributed by atoms with Gasteiger partial charge in [-0.1, -0.05) is 6.07 Å². The van der Waals surface area contributed by atoms with Crippen LogP contribution < -0.4 is 14.8 Å². The van der Waals surface area contributed by atoms with E-state index in [2.05, 4.69) is 10.3 Å². The van der Waals surface area contributed by atoms with Crippen LogP contribution in [0.2, 0.25) is 0 Å². The van der Waals surface area contributed by atoms with Crippen LogP contribution in [0.1, 0.15) is 41.9 Å². The smallest absolute Gasteiger partial charge is 0.254 e. The number of ether oxygens (including phenoxy) is 2. The summed E-state index contributed by atoms with van der Waals surface area (Å²) in [5.41, 5.74) is 1.40.